The topological polar surface area (TPSA) is 31.2 Å². The zero-order valence-corrected chi connectivity index (χ0v) is 64.3. The predicted molar refractivity (Wildman–Crippen MR) is 455 cm³/mol. The first-order chi connectivity index (χ1) is 50.3. The average molecular weight is 1390 g/mol. The molecule has 0 atom stereocenters. The van der Waals surface area contributed by atoms with Gasteiger partial charge >= 0.3 is 0 Å². The summed E-state index contributed by atoms with van der Waals surface area (Å²) >= 11 is 3.81. The monoisotopic (exact) mass is 1390 g/mol. The number of nitrogens with zero attached hydrogens (tertiary/aromatic N) is 1. The molecule has 5 aromatic heterocycles. The molecule has 0 unspecified atom stereocenters. The van der Waals surface area contributed by atoms with Gasteiger partial charge in [0, 0.05) is 83.8 Å². The molecule has 0 amide bonds. The molecule has 18 aromatic rings. The Hall–Kier alpha value is -10.3. The van der Waals surface area contributed by atoms with E-state index in [2.05, 4.69) is 356 Å². The van der Waals surface area contributed by atoms with Crippen LogP contribution in [0.5, 0.6) is 0 Å². The number of fused-ring (bicyclic) bond motifs is 18. The molecule has 520 valence electrons. The Balaban J connectivity index is 0.000000106. The lowest BCUT2D eigenvalue weighted by atomic mass is 9.81. The van der Waals surface area contributed by atoms with Gasteiger partial charge in [-0.05, 0) is 152 Å². The van der Waals surface area contributed by atoms with E-state index in [9.17, 15) is 0 Å². The minimum absolute atomic E-state index is 0.136. The van der Waals surface area contributed by atoms with Gasteiger partial charge in [-0.25, -0.2) is 0 Å². The van der Waals surface area contributed by atoms with Crippen LogP contribution in [-0.2, 0) is 5.41 Å². The molecule has 5 heterocycles. The number of furan rings is 2. The first kappa shape index (κ1) is 70.7. The van der Waals surface area contributed by atoms with E-state index >= 15 is 0 Å². The molecule has 0 saturated heterocycles. The third kappa shape index (κ3) is 14.1. The quantitative estimate of drug-likeness (QED) is 0.159. The molecule has 104 heavy (non-hydrogen) atoms. The Morgan fingerprint density at radius 2 is 0.721 bits per heavy atom. The molecule has 0 N–H and O–H groups in total. The van der Waals surface area contributed by atoms with Crippen LogP contribution >= 0.6 is 22.7 Å². The summed E-state index contributed by atoms with van der Waals surface area (Å²) in [5, 5.41) is 13.1. The van der Waals surface area contributed by atoms with Gasteiger partial charge < -0.3 is 13.4 Å². The van der Waals surface area contributed by atoms with E-state index in [1.54, 1.807) is 0 Å². The van der Waals surface area contributed by atoms with Gasteiger partial charge in [0.25, 0.3) is 0 Å². The summed E-state index contributed by atoms with van der Waals surface area (Å²) in [4.78, 5) is 0. The van der Waals surface area contributed by atoms with Crippen molar-refractivity contribution in [1.29, 1.82) is 0 Å². The number of rotatable bonds is 7. The van der Waals surface area contributed by atoms with Gasteiger partial charge in [0.2, 0.25) is 0 Å². The highest BCUT2D eigenvalue weighted by Crippen LogP contribution is 2.49. The molecule has 0 radical (unpaired) electrons. The lowest BCUT2D eigenvalue weighted by Crippen LogP contribution is -2.15. The number of hydrogen-bond donors (Lipinski definition) is 0. The van der Waals surface area contributed by atoms with Gasteiger partial charge in [-0.3, -0.25) is 0 Å². The highest BCUT2D eigenvalue weighted by molar-refractivity contribution is 7.26. The maximum absolute atomic E-state index is 5.94. The van der Waals surface area contributed by atoms with Gasteiger partial charge in [0.1, 0.15) is 22.3 Å². The van der Waals surface area contributed by atoms with Crippen LogP contribution in [0.1, 0.15) is 177 Å². The van der Waals surface area contributed by atoms with E-state index in [1.807, 2.05) is 53.0 Å². The molecule has 0 aliphatic heterocycles. The second-order valence-electron chi connectivity index (χ2n) is 30.2. The third-order valence-corrected chi connectivity index (χ3v) is 23.3. The molecule has 1 aliphatic rings. The van der Waals surface area contributed by atoms with E-state index in [1.165, 1.54) is 145 Å². The second kappa shape index (κ2) is 30.2. The van der Waals surface area contributed by atoms with Gasteiger partial charge in [0.15, 0.2) is 0 Å². The zero-order chi connectivity index (χ0) is 72.5. The predicted octanol–water partition coefficient (Wildman–Crippen LogP) is 30.8. The fourth-order valence-electron chi connectivity index (χ4n) is 14.9. The van der Waals surface area contributed by atoms with E-state index < -0.39 is 0 Å². The molecule has 13 aromatic carbocycles. The highest BCUT2D eigenvalue weighted by Gasteiger charge is 2.35. The summed E-state index contributed by atoms with van der Waals surface area (Å²) in [6.07, 6.45) is 0. The zero-order valence-electron chi connectivity index (χ0n) is 62.7. The Morgan fingerprint density at radius 1 is 0.279 bits per heavy atom. The first-order valence-electron chi connectivity index (χ1n) is 37.3. The Morgan fingerprint density at radius 3 is 1.38 bits per heavy atom. The highest BCUT2D eigenvalue weighted by atomic mass is 32.1. The van der Waals surface area contributed by atoms with E-state index in [0.29, 0.717) is 35.5 Å². The van der Waals surface area contributed by atoms with Crippen LogP contribution in [-0.4, -0.2) is 4.57 Å². The largest absolute Gasteiger partial charge is 0.456 e. The Bertz CT molecular complexity index is 5820. The van der Waals surface area contributed by atoms with Crippen molar-refractivity contribution < 1.29 is 8.83 Å². The van der Waals surface area contributed by atoms with Crippen molar-refractivity contribution in [2.24, 2.45) is 0 Å². The molecule has 3 nitrogen and oxygen atoms in total. The maximum atomic E-state index is 5.94. The molecule has 5 heteroatoms. The number of para-hydroxylation sites is 5. The minimum atomic E-state index is 0.136. The van der Waals surface area contributed by atoms with Crippen LogP contribution in [0.25, 0.3) is 123 Å². The van der Waals surface area contributed by atoms with Crippen molar-refractivity contribution >= 4 is 129 Å². The third-order valence-electron chi connectivity index (χ3n) is 20.9. The SMILES string of the molecule is CC(C)c1ccc2c(c1)C(C)(C)c1ccccc1-2.CC(C)c1ccc2c(c1)oc1ccccc12.CC(C)c1ccc2c(c1)sc1ccccc12.CC(C)c1ccc2c3ccccc3n(-c3ccccc3)c2c1.CC(C)c1cccc2c1oc1ccccc12.CC(C)c1cccc2c1sc1ccccc12. The number of benzene rings is 13. The van der Waals surface area contributed by atoms with E-state index in [4.69, 9.17) is 8.83 Å². The molecule has 0 bridgehead atoms. The summed E-state index contributed by atoms with van der Waals surface area (Å²) in [7, 11) is 0. The van der Waals surface area contributed by atoms with Crippen molar-refractivity contribution in [1.82, 2.24) is 4.57 Å². The number of thiophene rings is 2. The summed E-state index contributed by atoms with van der Waals surface area (Å²) in [6, 6.07) is 102. The van der Waals surface area contributed by atoms with Crippen LogP contribution in [0.2, 0.25) is 0 Å². The fourth-order valence-corrected chi connectivity index (χ4v) is 17.5. The molecular formula is C99H95NO2S2. The van der Waals surface area contributed by atoms with Gasteiger partial charge in [-0.15, -0.1) is 22.7 Å². The lowest BCUT2D eigenvalue weighted by Gasteiger charge is -2.22. The summed E-state index contributed by atoms with van der Waals surface area (Å²) < 4.78 is 19.8. The number of aromatic nitrogens is 1. The molecule has 0 fully saturated rings. The van der Waals surface area contributed by atoms with Crippen molar-refractivity contribution in [2.75, 3.05) is 0 Å². The second-order valence-corrected chi connectivity index (χ2v) is 32.4. The van der Waals surface area contributed by atoms with Crippen molar-refractivity contribution in [3.05, 3.63) is 330 Å². The standard InChI is InChI=1S/C21H19N.C18H20.2C15H14O.2C15H14S/c1-15(2)16-12-13-19-18-10-6-7-11-20(18)22(21(19)14-16)17-8-4-3-5-9-17;1-12(2)13-9-10-15-14-7-5-6-8-16(14)18(3,4)17(15)11-13;1-10(2)11-7-5-8-13-12-6-3-4-9-14(12)16-15(11)13;1-10(2)11-7-8-13-12-5-3-4-6-14(12)16-15(13)9-11;1-10(2)11-7-5-8-13-12-6-3-4-9-14(12)16-15(11)13;1-10(2)11-7-8-13-12-5-3-4-6-14(12)16-15(13)9-11/h3-15H,1-2H3;5-12H,1-4H3;4*3-10H,1-2H3. The Kier molecular flexibility index (Phi) is 20.5. The summed E-state index contributed by atoms with van der Waals surface area (Å²) in [6.45, 7) is 31.5. The molecule has 1 aliphatic carbocycles. The van der Waals surface area contributed by atoms with Crippen LogP contribution < -0.4 is 0 Å². The molecule has 19 rings (SSSR count). The van der Waals surface area contributed by atoms with Crippen molar-refractivity contribution in [2.45, 2.75) is 138 Å². The maximum Gasteiger partial charge on any atom is 0.138 e. The van der Waals surface area contributed by atoms with Crippen LogP contribution in [0, 0.1) is 0 Å². The van der Waals surface area contributed by atoms with E-state index in [0.717, 1.165) is 22.3 Å². The fraction of sp³-hybridized carbons (Fsp3) is 0.212. The van der Waals surface area contributed by atoms with Gasteiger partial charge in [0.05, 0.1) is 11.0 Å². The average Bonchev–Trinajstić information content (AvgIpc) is 1.58. The normalized spacial score (nSPS) is 12.3. The first-order valence-corrected chi connectivity index (χ1v) is 38.9. The molecular weight excluding hydrogens is 1300 g/mol. The smallest absolute Gasteiger partial charge is 0.138 e. The summed E-state index contributed by atoms with van der Waals surface area (Å²) in [5.41, 5.74) is 22.0. The van der Waals surface area contributed by atoms with Crippen LogP contribution in [0.3, 0.4) is 0 Å². The van der Waals surface area contributed by atoms with Crippen LogP contribution in [0.15, 0.2) is 294 Å². The Labute approximate surface area is 622 Å². The minimum Gasteiger partial charge on any atom is -0.456 e. The van der Waals surface area contributed by atoms with E-state index in [-0.39, 0.29) is 5.41 Å². The van der Waals surface area contributed by atoms with Crippen molar-refractivity contribution in [3.8, 4) is 16.8 Å². The summed E-state index contributed by atoms with van der Waals surface area (Å²) in [5.74, 6) is 3.36. The van der Waals surface area contributed by atoms with Gasteiger partial charge in [-0.2, -0.15) is 0 Å². The van der Waals surface area contributed by atoms with Crippen molar-refractivity contribution in [3.63, 3.8) is 0 Å². The van der Waals surface area contributed by atoms with Crippen LogP contribution in [0.4, 0.5) is 0 Å². The van der Waals surface area contributed by atoms with Gasteiger partial charge in [-0.1, -0.05) is 321 Å². The lowest BCUT2D eigenvalue weighted by molar-refractivity contribution is 0.657. The molecule has 0 spiro atoms. The molecule has 0 saturated carbocycles. The number of hydrogen-bond acceptors (Lipinski definition) is 4.